The van der Waals surface area contributed by atoms with Crippen molar-refractivity contribution in [3.8, 4) is 6.07 Å². The number of nitriles is 1. The van der Waals surface area contributed by atoms with E-state index < -0.39 is 15.9 Å². The van der Waals surface area contributed by atoms with Gasteiger partial charge in [-0.3, -0.25) is 9.52 Å². The average Bonchev–Trinajstić information content (AvgIpc) is 2.69. The van der Waals surface area contributed by atoms with Crippen LogP contribution in [-0.2, 0) is 10.0 Å². The predicted molar refractivity (Wildman–Crippen MR) is 103 cm³/mol. The first-order valence-corrected chi connectivity index (χ1v) is 9.46. The number of benzene rings is 3. The molecule has 0 heterocycles. The molecule has 0 fully saturated rings. The number of hydrogen-bond donors (Lipinski definition) is 2. The first-order valence-electron chi connectivity index (χ1n) is 7.98. The number of hydrogen-bond acceptors (Lipinski definition) is 4. The Morgan fingerprint density at radius 2 is 1.48 bits per heavy atom. The van der Waals surface area contributed by atoms with E-state index in [9.17, 15) is 13.2 Å². The van der Waals surface area contributed by atoms with Crippen LogP contribution in [0.5, 0.6) is 0 Å². The SMILES string of the molecule is N#Cc1ccccc1NC(=O)c1ccc(NS(=O)(=O)c2ccccc2)cc1. The molecule has 0 saturated carbocycles. The van der Waals surface area contributed by atoms with Crippen LogP contribution < -0.4 is 10.0 Å². The second-order valence-corrected chi connectivity index (χ2v) is 7.29. The Morgan fingerprint density at radius 3 is 2.15 bits per heavy atom. The Labute approximate surface area is 157 Å². The average molecular weight is 377 g/mol. The zero-order valence-electron chi connectivity index (χ0n) is 14.1. The van der Waals surface area contributed by atoms with Crippen molar-refractivity contribution in [2.24, 2.45) is 0 Å². The molecule has 2 N–H and O–H groups in total. The van der Waals surface area contributed by atoms with Crippen LogP contribution >= 0.6 is 0 Å². The third kappa shape index (κ3) is 4.32. The van der Waals surface area contributed by atoms with E-state index in [-0.39, 0.29) is 4.90 Å². The van der Waals surface area contributed by atoms with Gasteiger partial charge in [0.2, 0.25) is 0 Å². The smallest absolute Gasteiger partial charge is 0.261 e. The van der Waals surface area contributed by atoms with Crippen LogP contribution in [0.4, 0.5) is 11.4 Å². The highest BCUT2D eigenvalue weighted by molar-refractivity contribution is 7.92. The number of nitrogens with zero attached hydrogens (tertiary/aromatic N) is 1. The minimum atomic E-state index is -3.69. The Bertz CT molecular complexity index is 1100. The van der Waals surface area contributed by atoms with Gasteiger partial charge in [-0.2, -0.15) is 5.26 Å². The van der Waals surface area contributed by atoms with E-state index in [0.29, 0.717) is 22.5 Å². The summed E-state index contributed by atoms with van der Waals surface area (Å²) >= 11 is 0. The molecule has 0 spiro atoms. The zero-order chi connectivity index (χ0) is 19.3. The number of carbonyl (C=O) groups excluding carboxylic acids is 1. The minimum Gasteiger partial charge on any atom is -0.321 e. The van der Waals surface area contributed by atoms with Crippen molar-refractivity contribution >= 4 is 27.3 Å². The highest BCUT2D eigenvalue weighted by Crippen LogP contribution is 2.18. The van der Waals surface area contributed by atoms with Crippen LogP contribution in [0.25, 0.3) is 0 Å². The van der Waals surface area contributed by atoms with Crippen LogP contribution in [0.15, 0.2) is 83.8 Å². The van der Waals surface area contributed by atoms with Gasteiger partial charge in [0.05, 0.1) is 16.1 Å². The highest BCUT2D eigenvalue weighted by Gasteiger charge is 2.14. The quantitative estimate of drug-likeness (QED) is 0.709. The molecule has 3 aromatic rings. The van der Waals surface area contributed by atoms with E-state index in [1.165, 1.54) is 36.4 Å². The van der Waals surface area contributed by atoms with Gasteiger partial charge in [-0.15, -0.1) is 0 Å². The Hall–Kier alpha value is -3.63. The van der Waals surface area contributed by atoms with Gasteiger partial charge >= 0.3 is 0 Å². The van der Waals surface area contributed by atoms with Crippen LogP contribution in [-0.4, -0.2) is 14.3 Å². The fraction of sp³-hybridized carbons (Fsp3) is 0. The summed E-state index contributed by atoms with van der Waals surface area (Å²) in [6, 6.07) is 22.7. The molecule has 0 aliphatic rings. The van der Waals surface area contributed by atoms with E-state index >= 15 is 0 Å². The van der Waals surface area contributed by atoms with Gasteiger partial charge in [-0.25, -0.2) is 8.42 Å². The summed E-state index contributed by atoms with van der Waals surface area (Å²) in [6.45, 7) is 0. The third-order valence-corrected chi connectivity index (χ3v) is 5.15. The number of carbonyl (C=O) groups is 1. The molecule has 134 valence electrons. The summed E-state index contributed by atoms with van der Waals surface area (Å²) in [6.07, 6.45) is 0. The van der Waals surface area contributed by atoms with E-state index in [0.717, 1.165) is 0 Å². The van der Waals surface area contributed by atoms with Crippen LogP contribution in [0.1, 0.15) is 15.9 Å². The lowest BCUT2D eigenvalue weighted by Crippen LogP contribution is -2.14. The molecular weight excluding hydrogens is 362 g/mol. The molecule has 6 nitrogen and oxygen atoms in total. The minimum absolute atomic E-state index is 0.153. The number of rotatable bonds is 5. The van der Waals surface area contributed by atoms with Gasteiger partial charge in [0, 0.05) is 11.3 Å². The van der Waals surface area contributed by atoms with Gasteiger partial charge in [0.1, 0.15) is 6.07 Å². The second-order valence-electron chi connectivity index (χ2n) is 5.61. The monoisotopic (exact) mass is 377 g/mol. The molecule has 3 rings (SSSR count). The first kappa shape index (κ1) is 18.2. The summed E-state index contributed by atoms with van der Waals surface area (Å²) in [5, 5.41) is 11.7. The molecule has 27 heavy (non-hydrogen) atoms. The van der Waals surface area contributed by atoms with Crippen molar-refractivity contribution in [3.63, 3.8) is 0 Å². The van der Waals surface area contributed by atoms with Crippen molar-refractivity contribution in [1.29, 1.82) is 5.26 Å². The highest BCUT2D eigenvalue weighted by atomic mass is 32.2. The van der Waals surface area contributed by atoms with Gasteiger partial charge < -0.3 is 5.32 Å². The van der Waals surface area contributed by atoms with Crippen molar-refractivity contribution in [1.82, 2.24) is 0 Å². The summed E-state index contributed by atoms with van der Waals surface area (Å²) < 4.78 is 27.1. The summed E-state index contributed by atoms with van der Waals surface area (Å²) in [4.78, 5) is 12.5. The van der Waals surface area contributed by atoms with Crippen molar-refractivity contribution < 1.29 is 13.2 Å². The molecule has 0 aliphatic carbocycles. The summed E-state index contributed by atoms with van der Waals surface area (Å²) in [5.74, 6) is -0.393. The topological polar surface area (TPSA) is 99.1 Å². The summed E-state index contributed by atoms with van der Waals surface area (Å²) in [5.41, 5.74) is 1.45. The molecule has 0 saturated heterocycles. The number of para-hydroxylation sites is 1. The van der Waals surface area contributed by atoms with Gasteiger partial charge in [-0.05, 0) is 48.5 Å². The number of sulfonamides is 1. The molecule has 7 heteroatoms. The van der Waals surface area contributed by atoms with E-state index in [1.807, 2.05) is 6.07 Å². The lowest BCUT2D eigenvalue weighted by atomic mass is 10.1. The van der Waals surface area contributed by atoms with Gasteiger partial charge in [0.25, 0.3) is 15.9 Å². The molecule has 0 aromatic heterocycles. The molecule has 0 unspecified atom stereocenters. The van der Waals surface area contributed by atoms with Crippen LogP contribution in [0.2, 0.25) is 0 Å². The van der Waals surface area contributed by atoms with Crippen molar-refractivity contribution in [2.45, 2.75) is 4.90 Å². The fourth-order valence-corrected chi connectivity index (χ4v) is 3.47. The normalized spacial score (nSPS) is 10.6. The predicted octanol–water partition coefficient (Wildman–Crippen LogP) is 3.61. The fourth-order valence-electron chi connectivity index (χ4n) is 2.39. The first-order chi connectivity index (χ1) is 13.0. The Balaban J connectivity index is 1.74. The largest absolute Gasteiger partial charge is 0.321 e. The van der Waals surface area contributed by atoms with Gasteiger partial charge in [-0.1, -0.05) is 30.3 Å². The maximum Gasteiger partial charge on any atom is 0.261 e. The lowest BCUT2D eigenvalue weighted by Gasteiger charge is -2.10. The molecule has 0 radical (unpaired) electrons. The molecule has 0 aliphatic heterocycles. The van der Waals surface area contributed by atoms with Crippen LogP contribution in [0.3, 0.4) is 0 Å². The molecular formula is C20H15N3O3S. The molecule has 3 aromatic carbocycles. The van der Waals surface area contributed by atoms with Crippen molar-refractivity contribution in [2.75, 3.05) is 10.0 Å². The summed E-state index contributed by atoms with van der Waals surface area (Å²) in [7, 11) is -3.69. The zero-order valence-corrected chi connectivity index (χ0v) is 14.9. The van der Waals surface area contributed by atoms with E-state index in [1.54, 1.807) is 42.5 Å². The Kier molecular flexibility index (Phi) is 5.20. The molecule has 0 bridgehead atoms. The molecule has 1 amide bonds. The Morgan fingerprint density at radius 1 is 0.852 bits per heavy atom. The standard InChI is InChI=1S/C20H15N3O3S/c21-14-16-6-4-5-9-19(16)22-20(24)15-10-12-17(13-11-15)23-27(25,26)18-7-2-1-3-8-18/h1-13,23H,(H,22,24). The van der Waals surface area contributed by atoms with Crippen molar-refractivity contribution in [3.05, 3.63) is 90.0 Å². The number of nitrogens with one attached hydrogen (secondary N) is 2. The number of amides is 1. The number of anilines is 2. The van der Waals surface area contributed by atoms with Crippen LogP contribution in [0, 0.1) is 11.3 Å². The maximum absolute atomic E-state index is 12.3. The molecule has 0 atom stereocenters. The lowest BCUT2D eigenvalue weighted by molar-refractivity contribution is 0.102. The van der Waals surface area contributed by atoms with E-state index in [2.05, 4.69) is 10.0 Å². The van der Waals surface area contributed by atoms with Gasteiger partial charge in [0.15, 0.2) is 0 Å². The second kappa shape index (κ2) is 7.72. The third-order valence-electron chi connectivity index (χ3n) is 3.75. The van der Waals surface area contributed by atoms with E-state index in [4.69, 9.17) is 5.26 Å². The maximum atomic E-state index is 12.3.